The fourth-order valence-electron chi connectivity index (χ4n) is 4.30. The van der Waals surface area contributed by atoms with Crippen molar-refractivity contribution in [2.75, 3.05) is 0 Å². The molecule has 0 saturated heterocycles. The third-order valence-corrected chi connectivity index (χ3v) is 5.73. The molecule has 1 aromatic heterocycles. The van der Waals surface area contributed by atoms with Crippen molar-refractivity contribution < 1.29 is 0 Å². The zero-order valence-corrected chi connectivity index (χ0v) is 13.3. The second kappa shape index (κ2) is 6.93. The second-order valence-corrected chi connectivity index (χ2v) is 7.05. The molecule has 118 valence electrons. The van der Waals surface area contributed by atoms with Gasteiger partial charge in [-0.25, -0.2) is 0 Å². The Morgan fingerprint density at radius 3 is 2.81 bits per heavy atom. The maximum atomic E-state index is 5.83. The van der Waals surface area contributed by atoms with Crippen LogP contribution in [0.4, 0.5) is 0 Å². The lowest BCUT2D eigenvalue weighted by Crippen LogP contribution is -2.41. The van der Waals surface area contributed by atoms with Crippen molar-refractivity contribution in [1.82, 2.24) is 15.2 Å². The van der Waals surface area contributed by atoms with E-state index >= 15 is 0 Å². The SMILES string of the molecule is CCC1CCC(C(Cc2ccn(C3CCCC3)n2)NN)C1. The summed E-state index contributed by atoms with van der Waals surface area (Å²) in [7, 11) is 0. The number of hydrazine groups is 1. The van der Waals surface area contributed by atoms with Gasteiger partial charge in [0, 0.05) is 18.7 Å². The van der Waals surface area contributed by atoms with Crippen molar-refractivity contribution in [2.45, 2.75) is 76.8 Å². The summed E-state index contributed by atoms with van der Waals surface area (Å²) in [6.45, 7) is 2.31. The minimum atomic E-state index is 0.383. The summed E-state index contributed by atoms with van der Waals surface area (Å²) >= 11 is 0. The highest BCUT2D eigenvalue weighted by atomic mass is 15.3. The van der Waals surface area contributed by atoms with Crippen molar-refractivity contribution in [2.24, 2.45) is 17.7 Å². The Labute approximate surface area is 128 Å². The molecule has 0 radical (unpaired) electrons. The van der Waals surface area contributed by atoms with Gasteiger partial charge in [-0.3, -0.25) is 16.0 Å². The first kappa shape index (κ1) is 15.0. The molecule has 0 aromatic carbocycles. The summed E-state index contributed by atoms with van der Waals surface area (Å²) in [5, 5.41) is 4.81. The Morgan fingerprint density at radius 1 is 1.33 bits per heavy atom. The van der Waals surface area contributed by atoms with Crippen molar-refractivity contribution in [3.63, 3.8) is 0 Å². The van der Waals surface area contributed by atoms with Gasteiger partial charge in [-0.1, -0.05) is 32.6 Å². The lowest BCUT2D eigenvalue weighted by atomic mass is 9.93. The molecule has 2 aliphatic rings. The van der Waals surface area contributed by atoms with Gasteiger partial charge in [0.2, 0.25) is 0 Å². The van der Waals surface area contributed by atoms with Crippen LogP contribution in [0.15, 0.2) is 12.3 Å². The monoisotopic (exact) mass is 290 g/mol. The molecular formula is C17H30N4. The quantitative estimate of drug-likeness (QED) is 0.625. The molecule has 21 heavy (non-hydrogen) atoms. The molecule has 2 fully saturated rings. The molecule has 3 N–H and O–H groups in total. The summed E-state index contributed by atoms with van der Waals surface area (Å²) in [4.78, 5) is 0. The molecule has 0 bridgehead atoms. The van der Waals surface area contributed by atoms with Crippen LogP contribution in [0.5, 0.6) is 0 Å². The van der Waals surface area contributed by atoms with Gasteiger partial charge in [-0.05, 0) is 43.6 Å². The molecule has 3 unspecified atom stereocenters. The van der Waals surface area contributed by atoms with Crippen LogP contribution in [0.1, 0.15) is 70.0 Å². The molecule has 4 heteroatoms. The van der Waals surface area contributed by atoms with Crippen molar-refractivity contribution in [3.05, 3.63) is 18.0 Å². The Bertz CT molecular complexity index is 436. The Balaban J connectivity index is 1.59. The molecule has 2 saturated carbocycles. The van der Waals surface area contributed by atoms with Crippen LogP contribution in [-0.4, -0.2) is 15.8 Å². The van der Waals surface area contributed by atoms with Gasteiger partial charge in [0.15, 0.2) is 0 Å². The van der Waals surface area contributed by atoms with E-state index in [0.29, 0.717) is 12.1 Å². The lowest BCUT2D eigenvalue weighted by Gasteiger charge is -2.22. The fourth-order valence-corrected chi connectivity index (χ4v) is 4.30. The average molecular weight is 290 g/mol. The van der Waals surface area contributed by atoms with E-state index in [1.54, 1.807) is 0 Å². The van der Waals surface area contributed by atoms with Crippen LogP contribution < -0.4 is 11.3 Å². The third-order valence-electron chi connectivity index (χ3n) is 5.73. The molecule has 2 aliphatic carbocycles. The number of nitrogens with two attached hydrogens (primary N) is 1. The highest BCUT2D eigenvalue weighted by Crippen LogP contribution is 2.35. The first-order chi connectivity index (χ1) is 10.3. The van der Waals surface area contributed by atoms with Gasteiger partial charge in [0.1, 0.15) is 0 Å². The number of nitrogens with one attached hydrogen (secondary N) is 1. The van der Waals surface area contributed by atoms with Gasteiger partial charge < -0.3 is 0 Å². The van der Waals surface area contributed by atoms with Crippen LogP contribution in [0.25, 0.3) is 0 Å². The zero-order valence-electron chi connectivity index (χ0n) is 13.3. The fraction of sp³-hybridized carbons (Fsp3) is 0.824. The normalized spacial score (nSPS) is 28.3. The van der Waals surface area contributed by atoms with Gasteiger partial charge >= 0.3 is 0 Å². The number of rotatable bonds is 6. The van der Waals surface area contributed by atoms with E-state index in [9.17, 15) is 0 Å². The highest BCUT2D eigenvalue weighted by Gasteiger charge is 2.30. The predicted octanol–water partition coefficient (Wildman–Crippen LogP) is 3.20. The Kier molecular flexibility index (Phi) is 4.96. The van der Waals surface area contributed by atoms with Crippen LogP contribution in [0.2, 0.25) is 0 Å². The molecule has 1 heterocycles. The van der Waals surface area contributed by atoms with Crippen LogP contribution >= 0.6 is 0 Å². The van der Waals surface area contributed by atoms with Crippen LogP contribution in [-0.2, 0) is 6.42 Å². The summed E-state index contributed by atoms with van der Waals surface area (Å²) in [6.07, 6.45) is 13.8. The summed E-state index contributed by atoms with van der Waals surface area (Å²) < 4.78 is 2.19. The Hall–Kier alpha value is -0.870. The van der Waals surface area contributed by atoms with Gasteiger partial charge in [-0.2, -0.15) is 5.10 Å². The molecule has 1 aromatic rings. The highest BCUT2D eigenvalue weighted by molar-refractivity contribution is 5.04. The first-order valence-electron chi connectivity index (χ1n) is 8.80. The molecule has 0 aliphatic heterocycles. The lowest BCUT2D eigenvalue weighted by molar-refractivity contribution is 0.344. The third kappa shape index (κ3) is 3.49. The first-order valence-corrected chi connectivity index (χ1v) is 8.80. The minimum absolute atomic E-state index is 0.383. The van der Waals surface area contributed by atoms with E-state index in [4.69, 9.17) is 10.9 Å². The van der Waals surface area contributed by atoms with Crippen molar-refractivity contribution in [3.8, 4) is 0 Å². The number of hydrogen-bond acceptors (Lipinski definition) is 3. The van der Waals surface area contributed by atoms with E-state index in [1.807, 2.05) is 0 Å². The predicted molar refractivity (Wildman–Crippen MR) is 85.7 cm³/mol. The van der Waals surface area contributed by atoms with Gasteiger partial charge in [-0.15, -0.1) is 0 Å². The van der Waals surface area contributed by atoms with E-state index in [2.05, 4.69) is 29.3 Å². The van der Waals surface area contributed by atoms with Crippen LogP contribution in [0, 0.1) is 11.8 Å². The van der Waals surface area contributed by atoms with E-state index in [1.165, 1.54) is 57.1 Å². The molecule has 3 rings (SSSR count). The standard InChI is InChI=1S/C17H30N4/c1-2-13-7-8-14(11-13)17(19-18)12-15-9-10-21(20-15)16-5-3-4-6-16/h9-10,13-14,16-17,19H,2-8,11-12,18H2,1H3. The van der Waals surface area contributed by atoms with Gasteiger partial charge in [0.05, 0.1) is 11.7 Å². The van der Waals surface area contributed by atoms with E-state index in [-0.39, 0.29) is 0 Å². The minimum Gasteiger partial charge on any atom is -0.271 e. The maximum Gasteiger partial charge on any atom is 0.0640 e. The van der Waals surface area contributed by atoms with Gasteiger partial charge in [0.25, 0.3) is 0 Å². The summed E-state index contributed by atoms with van der Waals surface area (Å²) in [5.41, 5.74) is 4.27. The van der Waals surface area contributed by atoms with Crippen molar-refractivity contribution in [1.29, 1.82) is 0 Å². The number of nitrogens with zero attached hydrogens (tertiary/aromatic N) is 2. The van der Waals surface area contributed by atoms with E-state index in [0.717, 1.165) is 18.3 Å². The van der Waals surface area contributed by atoms with Crippen LogP contribution in [0.3, 0.4) is 0 Å². The average Bonchev–Trinajstić information content (AvgIpc) is 3.23. The molecular weight excluding hydrogens is 260 g/mol. The Morgan fingerprint density at radius 2 is 2.14 bits per heavy atom. The molecule has 0 spiro atoms. The molecule has 0 amide bonds. The topological polar surface area (TPSA) is 55.9 Å². The largest absolute Gasteiger partial charge is 0.271 e. The number of hydrogen-bond donors (Lipinski definition) is 2. The molecule has 4 nitrogen and oxygen atoms in total. The zero-order chi connectivity index (χ0) is 14.7. The molecule has 3 atom stereocenters. The summed E-state index contributed by atoms with van der Waals surface area (Å²) in [6, 6.07) is 3.21. The summed E-state index contributed by atoms with van der Waals surface area (Å²) in [5.74, 6) is 7.46. The maximum absolute atomic E-state index is 5.83. The van der Waals surface area contributed by atoms with Crippen molar-refractivity contribution >= 4 is 0 Å². The number of aromatic nitrogens is 2. The second-order valence-electron chi connectivity index (χ2n) is 7.05. The smallest absolute Gasteiger partial charge is 0.0640 e. The van der Waals surface area contributed by atoms with E-state index < -0.39 is 0 Å².